The van der Waals surface area contributed by atoms with Crippen molar-refractivity contribution in [3.05, 3.63) is 56.9 Å². The maximum Gasteiger partial charge on any atom is 0.314 e. The van der Waals surface area contributed by atoms with Gasteiger partial charge < -0.3 is 9.84 Å². The predicted molar refractivity (Wildman–Crippen MR) is 127 cm³/mol. The Kier molecular flexibility index (Phi) is 4.87. The van der Waals surface area contributed by atoms with Gasteiger partial charge in [0, 0.05) is 24.6 Å². The number of carbonyl (C=O) groups excluding carboxylic acids is 1. The second-order valence-corrected chi connectivity index (χ2v) is 15.7. The Labute approximate surface area is 187 Å². The first kappa shape index (κ1) is 21.1. The molecule has 166 valence electrons. The van der Waals surface area contributed by atoms with E-state index in [1.165, 1.54) is 16.5 Å². The molecule has 0 unspecified atom stereocenters. The van der Waals surface area contributed by atoms with Crippen molar-refractivity contribution in [2.75, 3.05) is 0 Å². The molecule has 0 saturated carbocycles. The van der Waals surface area contributed by atoms with Gasteiger partial charge in [0.2, 0.25) is 5.75 Å². The minimum absolute atomic E-state index is 0.0484. The lowest BCUT2D eigenvalue weighted by molar-refractivity contribution is -0.138. The molecule has 2 aliphatic rings. The standard InChI is InChI=1S/C25H28N2O4Si/c1-5-14-7-6-8-18-22(14)15(9-10-32(2,3)4)17-13-27-19(23(17)26-18)11-16-20(28)12-21(29)31-24(16)25(27)30/h6-8,11,20,28H,5,9-10,12-13H2,1-4H3/t20-/m1/s1. The Morgan fingerprint density at radius 1 is 1.25 bits per heavy atom. The van der Waals surface area contributed by atoms with E-state index in [0.717, 1.165) is 35.7 Å². The lowest BCUT2D eigenvalue weighted by Gasteiger charge is -2.21. The van der Waals surface area contributed by atoms with E-state index >= 15 is 0 Å². The lowest BCUT2D eigenvalue weighted by atomic mass is 9.94. The fraction of sp³-hybridized carbons (Fsp3) is 0.400. The van der Waals surface area contributed by atoms with Gasteiger partial charge in [0.15, 0.2) is 0 Å². The molecule has 1 atom stereocenters. The van der Waals surface area contributed by atoms with Crippen LogP contribution in [-0.4, -0.2) is 28.7 Å². The summed E-state index contributed by atoms with van der Waals surface area (Å²) in [5.74, 6) is -0.627. The van der Waals surface area contributed by atoms with Gasteiger partial charge in [0.05, 0.1) is 36.0 Å². The molecule has 0 saturated heterocycles. The van der Waals surface area contributed by atoms with Crippen molar-refractivity contribution in [2.45, 2.75) is 64.5 Å². The van der Waals surface area contributed by atoms with Crippen molar-refractivity contribution in [1.82, 2.24) is 9.55 Å². The normalized spacial score (nSPS) is 17.2. The molecule has 1 N–H and O–H groups in total. The van der Waals surface area contributed by atoms with Crippen molar-refractivity contribution in [3.63, 3.8) is 0 Å². The van der Waals surface area contributed by atoms with Gasteiger partial charge in [-0.3, -0.25) is 14.2 Å². The second kappa shape index (κ2) is 7.39. The van der Waals surface area contributed by atoms with Crippen molar-refractivity contribution >= 4 is 24.9 Å². The fourth-order valence-electron chi connectivity index (χ4n) is 4.89. The molecule has 4 heterocycles. The highest BCUT2D eigenvalue weighted by atomic mass is 28.3. The number of aromatic nitrogens is 2. The zero-order valence-electron chi connectivity index (χ0n) is 19.0. The molecule has 6 nitrogen and oxygen atoms in total. The number of rotatable bonds is 4. The van der Waals surface area contributed by atoms with Crippen molar-refractivity contribution in [2.24, 2.45) is 0 Å². The Morgan fingerprint density at radius 3 is 2.75 bits per heavy atom. The summed E-state index contributed by atoms with van der Waals surface area (Å²) < 4.78 is 6.89. The molecule has 0 spiro atoms. The largest absolute Gasteiger partial charge is 0.420 e. The number of aryl methyl sites for hydroxylation is 2. The highest BCUT2D eigenvalue weighted by molar-refractivity contribution is 6.76. The number of ether oxygens (including phenoxy) is 1. The maximum atomic E-state index is 13.3. The predicted octanol–water partition coefficient (Wildman–Crippen LogP) is 4.21. The van der Waals surface area contributed by atoms with Gasteiger partial charge in [0.1, 0.15) is 0 Å². The Balaban J connectivity index is 1.77. The molecule has 0 fully saturated rings. The minimum Gasteiger partial charge on any atom is -0.420 e. The summed E-state index contributed by atoms with van der Waals surface area (Å²) in [5, 5.41) is 11.7. The third-order valence-corrected chi connectivity index (χ3v) is 8.35. The summed E-state index contributed by atoms with van der Waals surface area (Å²) >= 11 is 0. The third kappa shape index (κ3) is 3.31. The Morgan fingerprint density at radius 2 is 2.03 bits per heavy atom. The fourth-order valence-corrected chi connectivity index (χ4v) is 5.89. The van der Waals surface area contributed by atoms with Crippen LogP contribution in [0.1, 0.15) is 41.7 Å². The zero-order valence-corrected chi connectivity index (χ0v) is 20.0. The summed E-state index contributed by atoms with van der Waals surface area (Å²) in [4.78, 5) is 30.1. The molecule has 2 aliphatic heterocycles. The van der Waals surface area contributed by atoms with Crippen LogP contribution in [0.5, 0.6) is 5.75 Å². The van der Waals surface area contributed by atoms with E-state index in [4.69, 9.17) is 9.72 Å². The average Bonchev–Trinajstić information content (AvgIpc) is 3.09. The van der Waals surface area contributed by atoms with Crippen LogP contribution < -0.4 is 10.3 Å². The number of aliphatic hydroxyl groups is 1. The SMILES string of the molecule is CCc1cccc2nc3c(c(CC[Si](C)(C)C)c12)Cn1c-3cc2c(c1=O)OC(=O)C[C@H]2O. The van der Waals surface area contributed by atoms with Crippen molar-refractivity contribution in [1.29, 1.82) is 0 Å². The van der Waals surface area contributed by atoms with E-state index in [1.54, 1.807) is 10.6 Å². The van der Waals surface area contributed by atoms with Crippen LogP contribution in [-0.2, 0) is 24.2 Å². The second-order valence-electron chi connectivity index (χ2n) is 10.0. The van der Waals surface area contributed by atoms with Crippen LogP contribution in [0.4, 0.5) is 0 Å². The van der Waals surface area contributed by atoms with Gasteiger partial charge in [0.25, 0.3) is 5.56 Å². The molecular formula is C25H28N2O4Si. The van der Waals surface area contributed by atoms with Crippen molar-refractivity contribution < 1.29 is 14.6 Å². The summed E-state index contributed by atoms with van der Waals surface area (Å²) in [6.45, 7) is 9.70. The van der Waals surface area contributed by atoms with Crippen LogP contribution in [0.2, 0.25) is 25.7 Å². The first-order valence-corrected chi connectivity index (χ1v) is 15.0. The third-order valence-electron chi connectivity index (χ3n) is 6.60. The summed E-state index contributed by atoms with van der Waals surface area (Å²) in [5.41, 5.74) is 6.08. The maximum absolute atomic E-state index is 13.3. The quantitative estimate of drug-likeness (QED) is 0.374. The zero-order chi connectivity index (χ0) is 22.8. The van der Waals surface area contributed by atoms with E-state index in [1.807, 2.05) is 12.1 Å². The number of benzene rings is 1. The number of pyridine rings is 2. The van der Waals surface area contributed by atoms with Gasteiger partial charge in [-0.25, -0.2) is 4.98 Å². The van der Waals surface area contributed by atoms with Gasteiger partial charge in [-0.1, -0.05) is 44.7 Å². The molecular weight excluding hydrogens is 420 g/mol. The number of carbonyl (C=O) groups is 1. The molecule has 0 bridgehead atoms. The molecule has 5 rings (SSSR count). The van der Waals surface area contributed by atoms with E-state index in [9.17, 15) is 14.7 Å². The van der Waals surface area contributed by atoms with E-state index in [-0.39, 0.29) is 17.7 Å². The minimum atomic E-state index is -1.30. The van der Waals surface area contributed by atoms with Crippen LogP contribution in [0.3, 0.4) is 0 Å². The topological polar surface area (TPSA) is 81.4 Å². The monoisotopic (exact) mass is 448 g/mol. The first-order valence-electron chi connectivity index (χ1n) is 11.3. The van der Waals surface area contributed by atoms with Gasteiger partial charge in [-0.2, -0.15) is 0 Å². The molecule has 2 aromatic heterocycles. The molecule has 0 aliphatic carbocycles. The molecule has 32 heavy (non-hydrogen) atoms. The first-order chi connectivity index (χ1) is 15.2. The number of esters is 1. The number of hydrogen-bond donors (Lipinski definition) is 1. The van der Waals surface area contributed by atoms with Gasteiger partial charge in [-0.15, -0.1) is 0 Å². The van der Waals surface area contributed by atoms with Gasteiger partial charge >= 0.3 is 5.97 Å². The Bertz CT molecular complexity index is 1340. The van der Waals surface area contributed by atoms with Crippen LogP contribution in [0.15, 0.2) is 29.1 Å². The number of fused-ring (bicyclic) bond motifs is 5. The van der Waals surface area contributed by atoms with Crippen LogP contribution >= 0.6 is 0 Å². The molecule has 0 radical (unpaired) electrons. The number of hydrogen-bond acceptors (Lipinski definition) is 5. The summed E-state index contributed by atoms with van der Waals surface area (Å²) in [6.07, 6.45) is 0.692. The number of aliphatic hydroxyl groups excluding tert-OH is 1. The summed E-state index contributed by atoms with van der Waals surface area (Å²) in [6, 6.07) is 9.18. The van der Waals surface area contributed by atoms with Crippen molar-refractivity contribution in [3.8, 4) is 17.1 Å². The smallest absolute Gasteiger partial charge is 0.314 e. The molecule has 3 aromatic rings. The lowest BCUT2D eigenvalue weighted by Crippen LogP contribution is -2.30. The summed E-state index contributed by atoms with van der Waals surface area (Å²) in [7, 11) is -1.30. The molecule has 1 aromatic carbocycles. The van der Waals surface area contributed by atoms with Crippen LogP contribution in [0.25, 0.3) is 22.3 Å². The highest BCUT2D eigenvalue weighted by Gasteiger charge is 2.34. The molecule has 0 amide bonds. The molecule has 7 heteroatoms. The average molecular weight is 449 g/mol. The van der Waals surface area contributed by atoms with Crippen LogP contribution in [0, 0.1) is 0 Å². The Hall–Kier alpha value is -2.77. The highest BCUT2D eigenvalue weighted by Crippen LogP contribution is 2.41. The van der Waals surface area contributed by atoms with E-state index in [2.05, 4.69) is 32.6 Å². The van der Waals surface area contributed by atoms with Gasteiger partial charge in [-0.05, 0) is 36.1 Å². The van der Waals surface area contributed by atoms with E-state index in [0.29, 0.717) is 17.8 Å². The number of nitrogens with zero attached hydrogens (tertiary/aromatic N) is 2. The van der Waals surface area contributed by atoms with E-state index < -0.39 is 20.1 Å².